The lowest BCUT2D eigenvalue weighted by molar-refractivity contribution is -0.117. The zero-order valence-electron chi connectivity index (χ0n) is 13.3. The Morgan fingerprint density at radius 2 is 1.57 bits per heavy atom. The molecule has 23 heavy (non-hydrogen) atoms. The van der Waals surface area contributed by atoms with E-state index in [1.54, 1.807) is 0 Å². The highest BCUT2D eigenvalue weighted by Crippen LogP contribution is 2.46. The number of rotatable bonds is 5. The summed E-state index contributed by atoms with van der Waals surface area (Å²) < 4.78 is 71.0. The van der Waals surface area contributed by atoms with Gasteiger partial charge in [0.1, 0.15) is 0 Å². The zero-order chi connectivity index (χ0) is 18.3. The minimum Gasteiger partial charge on any atom is -0.294 e. The molecule has 10 heteroatoms. The van der Waals surface area contributed by atoms with Gasteiger partial charge in [-0.05, 0) is 25.8 Å². The van der Waals surface area contributed by atoms with Crippen LogP contribution >= 0.6 is 0 Å². The molecule has 0 bridgehead atoms. The third-order valence-electron chi connectivity index (χ3n) is 3.86. The summed E-state index contributed by atoms with van der Waals surface area (Å²) in [5.41, 5.74) is 0. The molecule has 0 heterocycles. The number of allylic oxidation sites excluding steroid dienone is 4. The molecule has 7 nitrogen and oxygen atoms in total. The van der Waals surface area contributed by atoms with Crippen LogP contribution in [0.3, 0.4) is 0 Å². The number of hydrogen-bond acceptors (Lipinski definition) is 7. The van der Waals surface area contributed by atoms with Gasteiger partial charge in [-0.1, -0.05) is 12.2 Å². The SMILES string of the molecule is C/C=C/C(=O)C1C(S(C)(=O)=O)=CCCC1(S(C)(=O)=O)S(C)(=O)=O. The van der Waals surface area contributed by atoms with Gasteiger partial charge in [-0.25, -0.2) is 25.3 Å². The van der Waals surface area contributed by atoms with Crippen molar-refractivity contribution in [2.75, 3.05) is 18.8 Å². The monoisotopic (exact) mass is 384 g/mol. The van der Waals surface area contributed by atoms with Gasteiger partial charge in [0.2, 0.25) is 0 Å². The van der Waals surface area contributed by atoms with Crippen LogP contribution in [0, 0.1) is 5.92 Å². The van der Waals surface area contributed by atoms with Gasteiger partial charge in [-0.2, -0.15) is 0 Å². The molecule has 0 fully saturated rings. The van der Waals surface area contributed by atoms with Crippen LogP contribution in [-0.4, -0.2) is 53.9 Å². The molecule has 0 saturated carbocycles. The standard InChI is InChI=1S/C13H20O7S3/c1-5-7-10(14)12-11(21(2,15)16)8-6-9-13(12,22(3,17)18)23(4,19)20/h5,7-8,12H,6,9H2,1-4H3/b7-5+. The molecule has 0 radical (unpaired) electrons. The van der Waals surface area contributed by atoms with Crippen LogP contribution in [0.4, 0.5) is 0 Å². The van der Waals surface area contributed by atoms with E-state index in [2.05, 4.69) is 0 Å². The molecule has 1 atom stereocenters. The van der Waals surface area contributed by atoms with Crippen molar-refractivity contribution in [3.8, 4) is 0 Å². The van der Waals surface area contributed by atoms with Crippen LogP contribution in [0.25, 0.3) is 0 Å². The smallest absolute Gasteiger partial charge is 0.187 e. The van der Waals surface area contributed by atoms with Gasteiger partial charge in [-0.15, -0.1) is 0 Å². The van der Waals surface area contributed by atoms with Crippen LogP contribution in [0.5, 0.6) is 0 Å². The molecule has 132 valence electrons. The Balaban J connectivity index is 3.97. The Bertz CT molecular complexity index is 840. The molecular formula is C13H20O7S3. The Morgan fingerprint density at radius 3 is 1.91 bits per heavy atom. The van der Waals surface area contributed by atoms with Gasteiger partial charge in [0.05, 0.1) is 10.8 Å². The average Bonchev–Trinajstić information content (AvgIpc) is 2.34. The number of sulfone groups is 3. The molecule has 0 saturated heterocycles. The van der Waals surface area contributed by atoms with Crippen molar-refractivity contribution in [3.63, 3.8) is 0 Å². The summed E-state index contributed by atoms with van der Waals surface area (Å²) >= 11 is 0. The summed E-state index contributed by atoms with van der Waals surface area (Å²) in [5, 5.41) is 0. The van der Waals surface area contributed by atoms with E-state index in [-0.39, 0.29) is 12.8 Å². The molecule has 1 aliphatic rings. The van der Waals surface area contributed by atoms with Gasteiger partial charge in [0.25, 0.3) is 0 Å². The second-order valence-electron chi connectivity index (χ2n) is 5.61. The first kappa shape index (κ1) is 20.0. The predicted octanol–water partition coefficient (Wildman–Crippen LogP) is 0.256. The van der Waals surface area contributed by atoms with Crippen LogP contribution < -0.4 is 0 Å². The van der Waals surface area contributed by atoms with Crippen LogP contribution in [0.15, 0.2) is 23.1 Å². The topological polar surface area (TPSA) is 119 Å². The van der Waals surface area contributed by atoms with Gasteiger partial charge in [0.15, 0.2) is 39.4 Å². The Hall–Kier alpha value is -1.00. The van der Waals surface area contributed by atoms with Crippen LogP contribution in [0.1, 0.15) is 19.8 Å². The molecule has 0 aliphatic heterocycles. The summed E-state index contributed by atoms with van der Waals surface area (Å²) in [4.78, 5) is 12.0. The highest BCUT2D eigenvalue weighted by molar-refractivity contribution is 8.10. The maximum atomic E-state index is 12.4. The molecule has 0 spiro atoms. The largest absolute Gasteiger partial charge is 0.294 e. The molecule has 0 N–H and O–H groups in total. The lowest BCUT2D eigenvalue weighted by atomic mass is 9.90. The van der Waals surface area contributed by atoms with Crippen molar-refractivity contribution in [1.82, 2.24) is 0 Å². The fraction of sp³-hybridized carbons (Fsp3) is 0.615. The third-order valence-corrected chi connectivity index (χ3v) is 10.3. The maximum Gasteiger partial charge on any atom is 0.187 e. The highest BCUT2D eigenvalue weighted by Gasteiger charge is 2.61. The first-order valence-electron chi connectivity index (χ1n) is 6.66. The molecule has 1 rings (SSSR count). The summed E-state index contributed by atoms with van der Waals surface area (Å²) in [7, 11) is -12.6. The van der Waals surface area contributed by atoms with E-state index in [1.165, 1.54) is 19.1 Å². The van der Waals surface area contributed by atoms with Crippen LogP contribution in [-0.2, 0) is 34.3 Å². The van der Waals surface area contributed by atoms with E-state index in [4.69, 9.17) is 0 Å². The van der Waals surface area contributed by atoms with Crippen molar-refractivity contribution >= 4 is 35.3 Å². The second-order valence-corrected chi connectivity index (χ2v) is 12.4. The van der Waals surface area contributed by atoms with E-state index >= 15 is 0 Å². The minimum absolute atomic E-state index is 0.0673. The first-order valence-corrected chi connectivity index (χ1v) is 12.3. The van der Waals surface area contributed by atoms with E-state index in [0.717, 1.165) is 24.8 Å². The van der Waals surface area contributed by atoms with Crippen LogP contribution in [0.2, 0.25) is 0 Å². The third kappa shape index (κ3) is 3.43. The zero-order valence-corrected chi connectivity index (χ0v) is 15.8. The van der Waals surface area contributed by atoms with E-state index in [1.807, 2.05) is 0 Å². The minimum atomic E-state index is -4.30. The summed E-state index contributed by atoms with van der Waals surface area (Å²) in [6.07, 6.45) is 5.38. The quantitative estimate of drug-likeness (QED) is 0.623. The molecular weight excluding hydrogens is 364 g/mol. The van der Waals surface area contributed by atoms with E-state index in [9.17, 15) is 30.0 Å². The summed E-state index contributed by atoms with van der Waals surface area (Å²) in [5.74, 6) is -2.66. The van der Waals surface area contributed by atoms with Crippen molar-refractivity contribution < 1.29 is 30.0 Å². The lowest BCUT2D eigenvalue weighted by Crippen LogP contribution is -2.56. The van der Waals surface area contributed by atoms with Gasteiger partial charge in [0, 0.05) is 18.8 Å². The number of hydrogen-bond donors (Lipinski definition) is 0. The summed E-state index contributed by atoms with van der Waals surface area (Å²) in [6.45, 7) is 1.49. The molecule has 0 aromatic rings. The Kier molecular flexibility index (Phi) is 5.35. The maximum absolute atomic E-state index is 12.4. The van der Waals surface area contributed by atoms with E-state index < -0.39 is 50.2 Å². The first-order chi connectivity index (χ1) is 10.2. The number of carbonyl (C=O) groups excluding carboxylic acids is 1. The fourth-order valence-electron chi connectivity index (χ4n) is 2.95. The fourth-order valence-corrected chi connectivity index (χ4v) is 8.79. The van der Waals surface area contributed by atoms with Gasteiger partial charge in [-0.3, -0.25) is 4.79 Å². The number of ketones is 1. The van der Waals surface area contributed by atoms with E-state index in [0.29, 0.717) is 0 Å². The molecule has 1 unspecified atom stereocenters. The molecule has 0 aromatic heterocycles. The molecule has 0 amide bonds. The average molecular weight is 384 g/mol. The Morgan fingerprint density at radius 1 is 1.09 bits per heavy atom. The van der Waals surface area contributed by atoms with Crippen molar-refractivity contribution in [2.24, 2.45) is 5.92 Å². The Labute approximate surface area is 137 Å². The highest BCUT2D eigenvalue weighted by atomic mass is 32.3. The van der Waals surface area contributed by atoms with Gasteiger partial charge >= 0.3 is 0 Å². The van der Waals surface area contributed by atoms with Crippen molar-refractivity contribution in [2.45, 2.75) is 23.8 Å². The predicted molar refractivity (Wildman–Crippen MR) is 87.9 cm³/mol. The lowest BCUT2D eigenvalue weighted by Gasteiger charge is -2.39. The van der Waals surface area contributed by atoms with Crippen molar-refractivity contribution in [1.29, 1.82) is 0 Å². The van der Waals surface area contributed by atoms with Gasteiger partial charge < -0.3 is 0 Å². The second kappa shape index (κ2) is 6.14. The number of carbonyl (C=O) groups is 1. The van der Waals surface area contributed by atoms with Crippen molar-refractivity contribution in [3.05, 3.63) is 23.1 Å². The molecule has 1 aliphatic carbocycles. The molecule has 0 aromatic carbocycles. The summed E-state index contributed by atoms with van der Waals surface area (Å²) in [6, 6.07) is 0. The normalized spacial score (nSPS) is 22.8.